The van der Waals surface area contributed by atoms with E-state index in [0.717, 1.165) is 25.9 Å². The lowest BCUT2D eigenvalue weighted by Gasteiger charge is -2.40. The summed E-state index contributed by atoms with van der Waals surface area (Å²) in [5.41, 5.74) is 0.337. The maximum absolute atomic E-state index is 12.2. The van der Waals surface area contributed by atoms with Gasteiger partial charge >= 0.3 is 0 Å². The van der Waals surface area contributed by atoms with Crippen LogP contribution < -0.4 is 0 Å². The van der Waals surface area contributed by atoms with Crippen molar-refractivity contribution < 1.29 is 9.90 Å². The number of carbonyl (C=O) groups is 1. The van der Waals surface area contributed by atoms with Crippen molar-refractivity contribution in [3.63, 3.8) is 0 Å². The molecule has 0 aromatic heterocycles. The first-order valence-electron chi connectivity index (χ1n) is 7.61. The number of likely N-dealkylation sites (tertiary alicyclic amines) is 1. The molecule has 1 amide bonds. The molecular weight excluding hydrogens is 238 g/mol. The fourth-order valence-corrected chi connectivity index (χ4v) is 2.82. The Hall–Kier alpha value is -0.570. The second-order valence-corrected chi connectivity index (χ2v) is 7.35. The first-order valence-corrected chi connectivity index (χ1v) is 7.61. The molecule has 0 unspecified atom stereocenters. The van der Waals surface area contributed by atoms with Gasteiger partial charge < -0.3 is 10.0 Å². The van der Waals surface area contributed by atoms with E-state index in [1.54, 1.807) is 6.92 Å². The van der Waals surface area contributed by atoms with E-state index >= 15 is 0 Å². The number of carbonyl (C=O) groups excluding carboxylic acids is 1. The van der Waals surface area contributed by atoms with E-state index in [-0.39, 0.29) is 11.8 Å². The fraction of sp³-hybridized carbons (Fsp3) is 0.938. The minimum atomic E-state index is -0.557. The maximum atomic E-state index is 12.2. The van der Waals surface area contributed by atoms with Gasteiger partial charge in [-0.3, -0.25) is 4.79 Å². The Kier molecular flexibility index (Phi) is 5.43. The molecular formula is C16H31NO2. The highest BCUT2D eigenvalue weighted by atomic mass is 16.3. The Labute approximate surface area is 118 Å². The van der Waals surface area contributed by atoms with Crippen LogP contribution in [0.2, 0.25) is 0 Å². The third kappa shape index (κ3) is 4.20. The van der Waals surface area contributed by atoms with E-state index in [4.69, 9.17) is 0 Å². The van der Waals surface area contributed by atoms with Gasteiger partial charge in [-0.25, -0.2) is 0 Å². The van der Waals surface area contributed by atoms with E-state index < -0.39 is 6.10 Å². The number of aliphatic hydroxyl groups excluding tert-OH is 1. The molecule has 0 aliphatic carbocycles. The van der Waals surface area contributed by atoms with E-state index in [9.17, 15) is 9.90 Å². The predicted octanol–water partition coefficient (Wildman–Crippen LogP) is 2.92. The van der Waals surface area contributed by atoms with Crippen molar-refractivity contribution in [1.29, 1.82) is 0 Å². The lowest BCUT2D eigenvalue weighted by molar-refractivity contribution is -0.140. The van der Waals surface area contributed by atoms with Crippen LogP contribution in [-0.2, 0) is 4.79 Å². The lowest BCUT2D eigenvalue weighted by Crippen LogP contribution is -2.45. The number of amides is 1. The molecule has 0 aromatic carbocycles. The van der Waals surface area contributed by atoms with Gasteiger partial charge in [0.25, 0.3) is 0 Å². The van der Waals surface area contributed by atoms with Crippen LogP contribution in [0.5, 0.6) is 0 Å². The van der Waals surface area contributed by atoms with E-state index in [0.29, 0.717) is 17.3 Å². The first kappa shape index (κ1) is 16.5. The van der Waals surface area contributed by atoms with Crippen molar-refractivity contribution in [3.05, 3.63) is 0 Å². The fourth-order valence-electron chi connectivity index (χ4n) is 2.82. The molecule has 1 fully saturated rings. The molecule has 0 saturated carbocycles. The summed E-state index contributed by atoms with van der Waals surface area (Å²) in [6, 6.07) is 0. The Balaban J connectivity index is 2.52. The lowest BCUT2D eigenvalue weighted by atomic mass is 9.71. The molecule has 1 heterocycles. The zero-order valence-corrected chi connectivity index (χ0v) is 13.4. The highest BCUT2D eigenvalue weighted by molar-refractivity contribution is 5.79. The molecule has 1 rings (SSSR count). The smallest absolute Gasteiger partial charge is 0.227 e. The molecule has 0 aromatic rings. The molecule has 19 heavy (non-hydrogen) atoms. The summed E-state index contributed by atoms with van der Waals surface area (Å²) in [4.78, 5) is 14.1. The summed E-state index contributed by atoms with van der Waals surface area (Å²) >= 11 is 0. The molecule has 112 valence electrons. The SMILES string of the molecule is C[C@H](O)[C@@H](C)C(=O)N1CCC([C@@H](C)C(C)(C)C)CC1. The molecule has 3 nitrogen and oxygen atoms in total. The van der Waals surface area contributed by atoms with E-state index in [1.165, 1.54) is 0 Å². The van der Waals surface area contributed by atoms with Crippen molar-refractivity contribution in [3.8, 4) is 0 Å². The summed E-state index contributed by atoms with van der Waals surface area (Å²) in [6.07, 6.45) is 1.63. The topological polar surface area (TPSA) is 40.5 Å². The minimum absolute atomic E-state index is 0.108. The summed E-state index contributed by atoms with van der Waals surface area (Å²) in [5.74, 6) is 1.22. The van der Waals surface area contributed by atoms with Crippen LogP contribution in [0.1, 0.15) is 54.4 Å². The molecule has 1 aliphatic heterocycles. The Morgan fingerprint density at radius 3 is 2.00 bits per heavy atom. The molecule has 3 heteroatoms. The molecule has 1 N–H and O–H groups in total. The highest BCUT2D eigenvalue weighted by Gasteiger charge is 2.33. The van der Waals surface area contributed by atoms with Gasteiger partial charge in [0.2, 0.25) is 5.91 Å². The van der Waals surface area contributed by atoms with Crippen molar-refractivity contribution in [2.45, 2.75) is 60.5 Å². The van der Waals surface area contributed by atoms with Crippen molar-refractivity contribution >= 4 is 5.91 Å². The van der Waals surface area contributed by atoms with Crippen LogP contribution in [0.4, 0.5) is 0 Å². The second kappa shape index (κ2) is 6.25. The van der Waals surface area contributed by atoms with Crippen LogP contribution in [0.15, 0.2) is 0 Å². The van der Waals surface area contributed by atoms with Crippen LogP contribution in [0.3, 0.4) is 0 Å². The van der Waals surface area contributed by atoms with Crippen molar-refractivity contribution in [2.24, 2.45) is 23.2 Å². The largest absolute Gasteiger partial charge is 0.393 e. The molecule has 1 aliphatic rings. The van der Waals surface area contributed by atoms with Crippen LogP contribution >= 0.6 is 0 Å². The Morgan fingerprint density at radius 1 is 1.16 bits per heavy atom. The summed E-state index contributed by atoms with van der Waals surface area (Å²) in [6.45, 7) is 14.4. The van der Waals surface area contributed by atoms with Crippen molar-refractivity contribution in [2.75, 3.05) is 13.1 Å². The van der Waals surface area contributed by atoms with Crippen LogP contribution in [-0.4, -0.2) is 35.1 Å². The van der Waals surface area contributed by atoms with Crippen molar-refractivity contribution in [1.82, 2.24) is 4.90 Å². The van der Waals surface area contributed by atoms with Gasteiger partial charge in [-0.15, -0.1) is 0 Å². The highest BCUT2D eigenvalue weighted by Crippen LogP contribution is 2.37. The monoisotopic (exact) mass is 269 g/mol. The number of rotatable bonds is 3. The number of nitrogens with zero attached hydrogens (tertiary/aromatic N) is 1. The minimum Gasteiger partial charge on any atom is -0.393 e. The third-order valence-electron chi connectivity index (χ3n) is 5.04. The van der Waals surface area contributed by atoms with Crippen LogP contribution in [0.25, 0.3) is 0 Å². The third-order valence-corrected chi connectivity index (χ3v) is 5.04. The number of hydrogen-bond donors (Lipinski definition) is 1. The molecule has 0 radical (unpaired) electrons. The average Bonchev–Trinajstić information content (AvgIpc) is 2.35. The number of piperidine rings is 1. The van der Waals surface area contributed by atoms with E-state index in [1.807, 2.05) is 11.8 Å². The van der Waals surface area contributed by atoms with Gasteiger partial charge in [-0.05, 0) is 37.0 Å². The van der Waals surface area contributed by atoms with Gasteiger partial charge in [0, 0.05) is 13.1 Å². The van der Waals surface area contributed by atoms with E-state index in [2.05, 4.69) is 27.7 Å². The van der Waals surface area contributed by atoms with Gasteiger partial charge in [-0.2, -0.15) is 0 Å². The summed E-state index contributed by atoms with van der Waals surface area (Å²) in [5, 5.41) is 9.52. The number of hydrogen-bond acceptors (Lipinski definition) is 2. The van der Waals surface area contributed by atoms with Gasteiger partial charge in [0.1, 0.15) is 0 Å². The zero-order chi connectivity index (χ0) is 14.8. The van der Waals surface area contributed by atoms with Crippen LogP contribution in [0, 0.1) is 23.2 Å². The summed E-state index contributed by atoms with van der Waals surface area (Å²) in [7, 11) is 0. The Morgan fingerprint density at radius 2 is 1.63 bits per heavy atom. The first-order chi connectivity index (χ1) is 8.64. The number of aliphatic hydroxyl groups is 1. The quantitative estimate of drug-likeness (QED) is 0.856. The summed E-state index contributed by atoms with van der Waals surface area (Å²) < 4.78 is 0. The molecule has 0 spiro atoms. The second-order valence-electron chi connectivity index (χ2n) is 7.35. The molecule has 3 atom stereocenters. The molecule has 1 saturated heterocycles. The standard InChI is InChI=1S/C16H31NO2/c1-11(13(3)18)15(19)17-9-7-14(8-10-17)12(2)16(4,5)6/h11-14,18H,7-10H2,1-6H3/t11-,12-,13+/m1/s1. The Bertz CT molecular complexity index is 298. The molecule has 0 bridgehead atoms. The predicted molar refractivity (Wildman–Crippen MR) is 78.8 cm³/mol. The van der Waals surface area contributed by atoms with Gasteiger partial charge in [0.15, 0.2) is 0 Å². The normalized spacial score (nSPS) is 23.0. The van der Waals surface area contributed by atoms with Gasteiger partial charge in [-0.1, -0.05) is 34.6 Å². The zero-order valence-electron chi connectivity index (χ0n) is 13.4. The maximum Gasteiger partial charge on any atom is 0.227 e. The average molecular weight is 269 g/mol. The van der Waals surface area contributed by atoms with Gasteiger partial charge in [0.05, 0.1) is 12.0 Å².